The third-order valence-corrected chi connectivity index (χ3v) is 6.48. The highest BCUT2D eigenvalue weighted by Crippen LogP contribution is 2.46. The van der Waals surface area contributed by atoms with E-state index in [1.165, 1.54) is 0 Å². The van der Waals surface area contributed by atoms with Crippen LogP contribution >= 0.6 is 0 Å². The first kappa shape index (κ1) is 21.0. The molecule has 1 saturated carbocycles. The summed E-state index contributed by atoms with van der Waals surface area (Å²) in [4.78, 5) is 19.5. The largest absolute Gasteiger partial charge is 0.388 e. The number of nitrogens with zero attached hydrogens (tertiary/aromatic N) is 6. The van der Waals surface area contributed by atoms with Crippen LogP contribution in [0.15, 0.2) is 24.5 Å². The van der Waals surface area contributed by atoms with Crippen molar-refractivity contribution in [2.75, 3.05) is 23.3 Å². The summed E-state index contributed by atoms with van der Waals surface area (Å²) in [5.41, 5.74) is 0.368. The summed E-state index contributed by atoms with van der Waals surface area (Å²) in [5.74, 6) is 2.22. The van der Waals surface area contributed by atoms with Crippen LogP contribution in [0.2, 0.25) is 0 Å². The molecule has 1 aliphatic carbocycles. The number of hydrogen-bond donors (Lipinski definition) is 3. The van der Waals surface area contributed by atoms with Gasteiger partial charge in [0.05, 0.1) is 18.3 Å². The minimum atomic E-state index is -1.31. The van der Waals surface area contributed by atoms with Crippen molar-refractivity contribution in [3.8, 4) is 0 Å². The molecule has 170 valence electrons. The SMILES string of the molecule is CC(C)n1c(CO)nc2cnc(Nc3ccnc(N4CCC(O)(C5CC5)C(F)C4)n3)cc21. The molecule has 0 radical (unpaired) electrons. The average molecular weight is 442 g/mol. The molecule has 2 aliphatic rings. The van der Waals surface area contributed by atoms with Gasteiger partial charge >= 0.3 is 0 Å². The van der Waals surface area contributed by atoms with E-state index in [9.17, 15) is 14.6 Å². The summed E-state index contributed by atoms with van der Waals surface area (Å²) >= 11 is 0. The van der Waals surface area contributed by atoms with Gasteiger partial charge in [0, 0.05) is 24.8 Å². The number of hydrogen-bond acceptors (Lipinski definition) is 8. The van der Waals surface area contributed by atoms with Crippen LogP contribution in [0.5, 0.6) is 0 Å². The van der Waals surface area contributed by atoms with Crippen molar-refractivity contribution < 1.29 is 14.6 Å². The Kier molecular flexibility index (Phi) is 5.21. The van der Waals surface area contributed by atoms with Crippen LogP contribution in [0.3, 0.4) is 0 Å². The molecular weight excluding hydrogens is 413 g/mol. The number of aromatic nitrogens is 5. The van der Waals surface area contributed by atoms with Gasteiger partial charge in [0.25, 0.3) is 0 Å². The smallest absolute Gasteiger partial charge is 0.227 e. The average Bonchev–Trinajstić information content (AvgIpc) is 3.57. The fourth-order valence-electron chi connectivity index (χ4n) is 4.64. The molecule has 2 fully saturated rings. The molecule has 3 N–H and O–H groups in total. The predicted octanol–water partition coefficient (Wildman–Crippen LogP) is 2.73. The third kappa shape index (κ3) is 3.67. The van der Waals surface area contributed by atoms with Gasteiger partial charge in [-0.2, -0.15) is 4.98 Å². The number of fused-ring (bicyclic) bond motifs is 1. The predicted molar refractivity (Wildman–Crippen MR) is 119 cm³/mol. The number of pyridine rings is 1. The summed E-state index contributed by atoms with van der Waals surface area (Å²) < 4.78 is 16.8. The quantitative estimate of drug-likeness (QED) is 0.535. The number of anilines is 3. The molecule has 3 aromatic heterocycles. The zero-order valence-corrected chi connectivity index (χ0v) is 18.2. The lowest BCUT2D eigenvalue weighted by molar-refractivity contribution is -0.0667. The number of piperidine rings is 1. The Bertz CT molecular complexity index is 1130. The van der Waals surface area contributed by atoms with E-state index in [0.29, 0.717) is 41.9 Å². The third-order valence-electron chi connectivity index (χ3n) is 6.48. The Morgan fingerprint density at radius 2 is 2.06 bits per heavy atom. The molecule has 0 aromatic carbocycles. The minimum Gasteiger partial charge on any atom is -0.388 e. The van der Waals surface area contributed by atoms with Gasteiger partial charge in [-0.05, 0) is 45.1 Å². The van der Waals surface area contributed by atoms with Crippen molar-refractivity contribution >= 4 is 28.6 Å². The van der Waals surface area contributed by atoms with Crippen LogP contribution in [0.1, 0.15) is 45.0 Å². The zero-order valence-electron chi connectivity index (χ0n) is 18.2. The Labute approximate surface area is 185 Å². The number of imidazole rings is 1. The number of nitrogens with one attached hydrogen (secondary N) is 1. The van der Waals surface area contributed by atoms with Crippen LogP contribution in [0, 0.1) is 5.92 Å². The normalized spacial score (nSPS) is 23.8. The van der Waals surface area contributed by atoms with E-state index in [-0.39, 0.29) is 25.1 Å². The molecule has 4 heterocycles. The Balaban J connectivity index is 1.36. The fraction of sp³-hybridized carbons (Fsp3) is 0.545. The molecule has 2 atom stereocenters. The van der Waals surface area contributed by atoms with Crippen molar-refractivity contribution in [2.45, 2.75) is 57.5 Å². The maximum Gasteiger partial charge on any atom is 0.227 e. The summed E-state index contributed by atoms with van der Waals surface area (Å²) in [5, 5.41) is 23.5. The zero-order chi connectivity index (χ0) is 22.5. The number of alkyl halides is 1. The summed E-state index contributed by atoms with van der Waals surface area (Å²) in [6.07, 6.45) is 4.16. The first-order valence-electron chi connectivity index (χ1n) is 11.1. The molecule has 32 heavy (non-hydrogen) atoms. The van der Waals surface area contributed by atoms with Gasteiger partial charge < -0.3 is 25.0 Å². The summed E-state index contributed by atoms with van der Waals surface area (Å²) in [6.45, 7) is 4.51. The highest BCUT2D eigenvalue weighted by atomic mass is 19.1. The maximum atomic E-state index is 14.8. The van der Waals surface area contributed by atoms with Gasteiger partial charge in [-0.15, -0.1) is 0 Å². The van der Waals surface area contributed by atoms with Crippen molar-refractivity contribution in [2.24, 2.45) is 5.92 Å². The monoisotopic (exact) mass is 441 g/mol. The van der Waals surface area contributed by atoms with E-state index in [1.54, 1.807) is 23.4 Å². The van der Waals surface area contributed by atoms with E-state index >= 15 is 0 Å². The van der Waals surface area contributed by atoms with Crippen molar-refractivity contribution in [3.63, 3.8) is 0 Å². The Morgan fingerprint density at radius 3 is 2.75 bits per heavy atom. The van der Waals surface area contributed by atoms with Crippen molar-refractivity contribution in [1.82, 2.24) is 24.5 Å². The maximum absolute atomic E-state index is 14.8. The van der Waals surface area contributed by atoms with Gasteiger partial charge in [0.2, 0.25) is 5.95 Å². The second kappa shape index (κ2) is 7.93. The van der Waals surface area contributed by atoms with Gasteiger partial charge in [0.15, 0.2) is 0 Å². The van der Waals surface area contributed by atoms with E-state index in [0.717, 1.165) is 18.4 Å². The molecule has 0 amide bonds. The number of aliphatic hydroxyl groups excluding tert-OH is 1. The lowest BCUT2D eigenvalue weighted by atomic mass is 9.85. The number of halogens is 1. The van der Waals surface area contributed by atoms with Crippen LogP contribution in [-0.2, 0) is 6.61 Å². The molecule has 1 aliphatic heterocycles. The molecule has 0 spiro atoms. The van der Waals surface area contributed by atoms with E-state index in [4.69, 9.17) is 0 Å². The highest BCUT2D eigenvalue weighted by Gasteiger charge is 2.52. The summed E-state index contributed by atoms with van der Waals surface area (Å²) in [6, 6.07) is 3.73. The molecule has 0 bridgehead atoms. The standard InChI is InChI=1S/C22H28FN7O2/c1-13(2)30-16-9-19(25-10-15(16)26-20(30)12-31)27-18-5-7-24-21(28-18)29-8-6-22(32,14-3-4-14)17(23)11-29/h5,7,9-10,13-14,17,31-32H,3-4,6,8,11-12H2,1-2H3,(H,24,25,27,28). The summed E-state index contributed by atoms with van der Waals surface area (Å²) in [7, 11) is 0. The second-order valence-electron chi connectivity index (χ2n) is 9.00. The molecule has 3 aromatic rings. The molecule has 2 unspecified atom stereocenters. The Morgan fingerprint density at radius 1 is 1.25 bits per heavy atom. The van der Waals surface area contributed by atoms with Crippen LogP contribution in [0.25, 0.3) is 11.0 Å². The van der Waals surface area contributed by atoms with E-state index in [1.807, 2.05) is 24.5 Å². The number of rotatable bonds is 6. The van der Waals surface area contributed by atoms with Crippen LogP contribution < -0.4 is 10.2 Å². The molecule has 10 heteroatoms. The molecular formula is C22H28FN7O2. The van der Waals surface area contributed by atoms with Gasteiger partial charge in [-0.1, -0.05) is 0 Å². The molecule has 5 rings (SSSR count). The first-order valence-corrected chi connectivity index (χ1v) is 11.1. The number of aliphatic hydroxyl groups is 2. The van der Waals surface area contributed by atoms with Crippen molar-refractivity contribution in [1.29, 1.82) is 0 Å². The highest BCUT2D eigenvalue weighted by molar-refractivity contribution is 5.79. The van der Waals surface area contributed by atoms with Gasteiger partial charge in [0.1, 0.15) is 41.4 Å². The first-order chi connectivity index (χ1) is 15.4. The molecule has 1 saturated heterocycles. The van der Waals surface area contributed by atoms with Gasteiger partial charge in [-0.3, -0.25) is 0 Å². The lowest BCUT2D eigenvalue weighted by Gasteiger charge is -2.41. The van der Waals surface area contributed by atoms with E-state index < -0.39 is 11.8 Å². The fourth-order valence-corrected chi connectivity index (χ4v) is 4.64. The van der Waals surface area contributed by atoms with E-state index in [2.05, 4.69) is 25.3 Å². The van der Waals surface area contributed by atoms with Crippen molar-refractivity contribution in [3.05, 3.63) is 30.4 Å². The molecule has 9 nitrogen and oxygen atoms in total. The van der Waals surface area contributed by atoms with Gasteiger partial charge in [-0.25, -0.2) is 19.3 Å². The van der Waals surface area contributed by atoms with Crippen LogP contribution in [0.4, 0.5) is 22.0 Å². The Hall–Kier alpha value is -2.85. The topological polar surface area (TPSA) is 112 Å². The minimum absolute atomic E-state index is 0.0815. The lowest BCUT2D eigenvalue weighted by Crippen LogP contribution is -2.55. The van der Waals surface area contributed by atoms with Crippen LogP contribution in [-0.4, -0.2) is 59.6 Å². The second-order valence-corrected chi connectivity index (χ2v) is 9.00.